The van der Waals surface area contributed by atoms with Gasteiger partial charge in [-0.15, -0.1) is 0 Å². The number of likely N-dealkylation sites (tertiary alicyclic amines) is 1. The van der Waals surface area contributed by atoms with Gasteiger partial charge in [-0.25, -0.2) is 9.18 Å². The highest BCUT2D eigenvalue weighted by Gasteiger charge is 2.23. The van der Waals surface area contributed by atoms with Gasteiger partial charge in [-0.1, -0.05) is 18.2 Å². The number of aromatic nitrogens is 2. The van der Waals surface area contributed by atoms with Crippen LogP contribution in [-0.2, 0) is 17.6 Å². The van der Waals surface area contributed by atoms with Crippen LogP contribution in [0.1, 0.15) is 24.0 Å². The highest BCUT2D eigenvalue weighted by atomic mass is 19.1. The molecule has 0 radical (unpaired) electrons. The minimum atomic E-state index is -0.586. The second-order valence-electron chi connectivity index (χ2n) is 7.70. The summed E-state index contributed by atoms with van der Waals surface area (Å²) in [6, 6.07) is 6.86. The Hall–Kier alpha value is -2.74. The van der Waals surface area contributed by atoms with Gasteiger partial charge in [-0.2, -0.15) is 0 Å². The van der Waals surface area contributed by atoms with E-state index in [2.05, 4.69) is 14.9 Å². The molecule has 2 heterocycles. The molecule has 1 fully saturated rings. The molecule has 1 saturated heterocycles. The molecule has 0 spiro atoms. The normalized spacial score (nSPS) is 17.2. The molecule has 1 aromatic heterocycles. The lowest BCUT2D eigenvalue weighted by Crippen LogP contribution is -2.43. The molecule has 1 atom stereocenters. The smallest absolute Gasteiger partial charge is 0.325 e. The van der Waals surface area contributed by atoms with E-state index in [-0.39, 0.29) is 23.7 Å². The molecule has 29 heavy (non-hydrogen) atoms. The van der Waals surface area contributed by atoms with Crippen molar-refractivity contribution in [1.82, 2.24) is 19.8 Å². The van der Waals surface area contributed by atoms with Crippen LogP contribution in [-0.4, -0.2) is 58.9 Å². The predicted molar refractivity (Wildman–Crippen MR) is 108 cm³/mol. The number of H-pyrrole nitrogens is 2. The number of hydrogen-bond acceptors (Lipinski definition) is 4. The van der Waals surface area contributed by atoms with Crippen LogP contribution in [0.3, 0.4) is 0 Å². The van der Waals surface area contributed by atoms with Gasteiger partial charge in [0.2, 0.25) is 5.91 Å². The predicted octanol–water partition coefficient (Wildman–Crippen LogP) is 1.16. The van der Waals surface area contributed by atoms with Crippen LogP contribution in [0.25, 0.3) is 0 Å². The van der Waals surface area contributed by atoms with Crippen molar-refractivity contribution < 1.29 is 9.18 Å². The lowest BCUT2D eigenvalue weighted by Gasteiger charge is -2.34. The quantitative estimate of drug-likeness (QED) is 0.727. The summed E-state index contributed by atoms with van der Waals surface area (Å²) in [7, 11) is 1.74. The lowest BCUT2D eigenvalue weighted by molar-refractivity contribution is -0.130. The van der Waals surface area contributed by atoms with Crippen molar-refractivity contribution in [1.29, 1.82) is 0 Å². The molecule has 1 aromatic carbocycles. The van der Waals surface area contributed by atoms with Crippen LogP contribution in [0.5, 0.6) is 0 Å². The van der Waals surface area contributed by atoms with Gasteiger partial charge in [0.1, 0.15) is 5.82 Å². The summed E-state index contributed by atoms with van der Waals surface area (Å²) in [6.07, 6.45) is 3.99. The number of carbonyl (C=O) groups is 1. The monoisotopic (exact) mass is 402 g/mol. The van der Waals surface area contributed by atoms with Gasteiger partial charge in [0, 0.05) is 38.4 Å². The van der Waals surface area contributed by atoms with E-state index in [1.54, 1.807) is 18.0 Å². The van der Waals surface area contributed by atoms with Crippen molar-refractivity contribution in [3.63, 3.8) is 0 Å². The average Bonchev–Trinajstić information content (AvgIpc) is 2.69. The van der Waals surface area contributed by atoms with Gasteiger partial charge >= 0.3 is 5.69 Å². The molecule has 3 rings (SSSR count). The topological polar surface area (TPSA) is 89.3 Å². The number of nitrogens with zero attached hydrogens (tertiary/aromatic N) is 2. The zero-order chi connectivity index (χ0) is 20.8. The molecule has 1 amide bonds. The zero-order valence-electron chi connectivity index (χ0n) is 16.6. The number of hydrogen-bond donors (Lipinski definition) is 2. The molecular weight excluding hydrogens is 375 g/mol. The van der Waals surface area contributed by atoms with Gasteiger partial charge in [0.15, 0.2) is 0 Å². The van der Waals surface area contributed by atoms with E-state index in [1.807, 2.05) is 12.1 Å². The number of benzene rings is 1. The number of piperidine rings is 1. The van der Waals surface area contributed by atoms with Gasteiger partial charge < -0.3 is 14.8 Å². The van der Waals surface area contributed by atoms with Crippen molar-refractivity contribution in [2.75, 3.05) is 33.2 Å². The molecule has 2 aromatic rings. The second-order valence-corrected chi connectivity index (χ2v) is 7.70. The van der Waals surface area contributed by atoms with Gasteiger partial charge in [0.25, 0.3) is 5.56 Å². The van der Waals surface area contributed by atoms with Crippen LogP contribution in [0.4, 0.5) is 4.39 Å². The van der Waals surface area contributed by atoms with E-state index in [0.29, 0.717) is 18.9 Å². The Bertz CT molecular complexity index is 955. The molecule has 1 unspecified atom stereocenters. The van der Waals surface area contributed by atoms with Gasteiger partial charge in [-0.3, -0.25) is 14.6 Å². The Balaban J connectivity index is 1.50. The third-order valence-electron chi connectivity index (χ3n) is 5.45. The average molecular weight is 402 g/mol. The Kier molecular flexibility index (Phi) is 6.98. The molecule has 0 aliphatic carbocycles. The number of aromatic amines is 2. The Labute approximate surface area is 168 Å². The van der Waals surface area contributed by atoms with Gasteiger partial charge in [0.05, 0.1) is 6.42 Å². The number of nitrogens with one attached hydrogen (secondary N) is 2. The van der Waals surface area contributed by atoms with E-state index in [4.69, 9.17) is 0 Å². The lowest BCUT2D eigenvalue weighted by atomic mass is 9.97. The molecular formula is C21H27FN4O3. The standard InChI is InChI=1S/C21H27FN4O3/c1-25(19(27)11-17-12-23-21(29)24-20(17)28)13-15-5-4-9-26(14-15)10-8-16-6-2-3-7-18(16)22/h2-3,6-7,12,15H,4-5,8-11,13-14H2,1H3,(H2,23,24,28,29). The van der Waals surface area contributed by atoms with E-state index in [9.17, 15) is 18.8 Å². The SMILES string of the molecule is CN(CC1CCCN(CCc2ccccc2F)C1)C(=O)Cc1c[nH]c(=O)[nH]c1=O. The highest BCUT2D eigenvalue weighted by Crippen LogP contribution is 2.18. The van der Waals surface area contributed by atoms with Crippen LogP contribution < -0.4 is 11.2 Å². The first-order valence-corrected chi connectivity index (χ1v) is 9.93. The van der Waals surface area contributed by atoms with E-state index >= 15 is 0 Å². The number of carbonyl (C=O) groups excluding carboxylic acids is 1. The highest BCUT2D eigenvalue weighted by molar-refractivity contribution is 5.78. The van der Waals surface area contributed by atoms with Crippen molar-refractivity contribution >= 4 is 5.91 Å². The fourth-order valence-electron chi connectivity index (χ4n) is 3.84. The van der Waals surface area contributed by atoms with Gasteiger partial charge in [-0.05, 0) is 43.4 Å². The molecule has 0 bridgehead atoms. The summed E-state index contributed by atoms with van der Waals surface area (Å²) in [5.74, 6) is 0.0156. The largest absolute Gasteiger partial charge is 0.345 e. The number of likely N-dealkylation sites (N-methyl/N-ethyl adjacent to an activating group) is 1. The van der Waals surface area contributed by atoms with E-state index in [1.165, 1.54) is 12.3 Å². The summed E-state index contributed by atoms with van der Waals surface area (Å²) >= 11 is 0. The van der Waals surface area contributed by atoms with Crippen LogP contribution in [0.15, 0.2) is 40.1 Å². The Morgan fingerprint density at radius 3 is 2.83 bits per heavy atom. The zero-order valence-corrected chi connectivity index (χ0v) is 16.6. The van der Waals surface area contributed by atoms with Crippen LogP contribution in [0.2, 0.25) is 0 Å². The van der Waals surface area contributed by atoms with Crippen LogP contribution in [0, 0.1) is 11.7 Å². The summed E-state index contributed by atoms with van der Waals surface area (Å²) in [4.78, 5) is 43.8. The van der Waals surface area contributed by atoms with Crippen molar-refractivity contribution in [2.45, 2.75) is 25.7 Å². The fraction of sp³-hybridized carbons (Fsp3) is 0.476. The Morgan fingerprint density at radius 1 is 1.28 bits per heavy atom. The molecule has 0 saturated carbocycles. The molecule has 1 aliphatic heterocycles. The number of amides is 1. The molecule has 2 N–H and O–H groups in total. The minimum absolute atomic E-state index is 0.0493. The second kappa shape index (κ2) is 9.65. The fourth-order valence-corrected chi connectivity index (χ4v) is 3.84. The third-order valence-corrected chi connectivity index (χ3v) is 5.45. The molecule has 156 valence electrons. The maximum Gasteiger partial charge on any atom is 0.325 e. The van der Waals surface area contributed by atoms with Crippen molar-refractivity contribution in [2.24, 2.45) is 5.92 Å². The molecule has 1 aliphatic rings. The van der Waals surface area contributed by atoms with Crippen molar-refractivity contribution in [3.05, 3.63) is 68.2 Å². The number of halogens is 1. The maximum atomic E-state index is 13.8. The van der Waals surface area contributed by atoms with Crippen molar-refractivity contribution in [3.8, 4) is 0 Å². The first-order chi connectivity index (χ1) is 13.9. The summed E-state index contributed by atoms with van der Waals surface area (Å²) in [5, 5.41) is 0. The van der Waals surface area contributed by atoms with E-state index < -0.39 is 11.2 Å². The molecule has 8 heteroatoms. The Morgan fingerprint density at radius 2 is 2.07 bits per heavy atom. The summed E-state index contributed by atoms with van der Waals surface area (Å²) < 4.78 is 13.8. The first kappa shape index (κ1) is 21.0. The summed E-state index contributed by atoms with van der Waals surface area (Å²) in [5.41, 5.74) is -0.144. The number of rotatable bonds is 7. The molecule has 7 nitrogen and oxygen atoms in total. The first-order valence-electron chi connectivity index (χ1n) is 9.93. The maximum absolute atomic E-state index is 13.8. The third kappa shape index (κ3) is 5.87. The summed E-state index contributed by atoms with van der Waals surface area (Å²) in [6.45, 7) is 3.25. The van der Waals surface area contributed by atoms with Crippen LogP contribution >= 0.6 is 0 Å². The van der Waals surface area contributed by atoms with E-state index in [0.717, 1.165) is 38.0 Å². The minimum Gasteiger partial charge on any atom is -0.345 e.